The summed E-state index contributed by atoms with van der Waals surface area (Å²) in [5, 5.41) is 13.7. The van der Waals surface area contributed by atoms with E-state index in [1.165, 1.54) is 6.07 Å². The highest BCUT2D eigenvalue weighted by atomic mass is 19.1. The van der Waals surface area contributed by atoms with E-state index in [0.29, 0.717) is 5.69 Å². The maximum Gasteiger partial charge on any atom is 0.146 e. The van der Waals surface area contributed by atoms with Gasteiger partial charge in [0, 0.05) is 30.5 Å². The average Bonchev–Trinajstić information content (AvgIpc) is 2.94. The molecule has 0 unspecified atom stereocenters. The number of benzene rings is 1. The summed E-state index contributed by atoms with van der Waals surface area (Å²) < 4.78 is 16.2. The number of aromatic nitrogens is 2. The molecule has 0 saturated heterocycles. The van der Waals surface area contributed by atoms with E-state index in [4.69, 9.17) is 0 Å². The van der Waals surface area contributed by atoms with Gasteiger partial charge in [0.2, 0.25) is 0 Å². The van der Waals surface area contributed by atoms with Crippen LogP contribution in [0, 0.1) is 11.7 Å². The van der Waals surface area contributed by atoms with Gasteiger partial charge in [-0.1, -0.05) is 32.0 Å². The number of halogens is 1. The summed E-state index contributed by atoms with van der Waals surface area (Å²) in [6, 6.07) is 13.3. The quantitative estimate of drug-likeness (QED) is 0.722. The summed E-state index contributed by atoms with van der Waals surface area (Å²) in [7, 11) is 1.99. The van der Waals surface area contributed by atoms with E-state index < -0.39 is 0 Å². The smallest absolute Gasteiger partial charge is 0.146 e. The third-order valence-corrected chi connectivity index (χ3v) is 4.67. The van der Waals surface area contributed by atoms with Crippen molar-refractivity contribution in [2.45, 2.75) is 26.4 Å². The summed E-state index contributed by atoms with van der Waals surface area (Å²) in [6.07, 6.45) is 0. The topological polar surface area (TPSA) is 50.1 Å². The molecule has 132 valence electrons. The van der Waals surface area contributed by atoms with Gasteiger partial charge < -0.3 is 15.0 Å². The van der Waals surface area contributed by atoms with Crippen LogP contribution in [0.4, 0.5) is 4.39 Å². The Labute approximate surface area is 147 Å². The van der Waals surface area contributed by atoms with Crippen molar-refractivity contribution in [3.8, 4) is 11.4 Å². The number of para-hydroxylation sites is 1. The fraction of sp³-hybridized carbons (Fsp3) is 0.350. The normalized spacial score (nSPS) is 12.9. The minimum Gasteiger partial charge on any atom is -0.395 e. The molecule has 5 heteroatoms. The molecular weight excluding hydrogens is 317 g/mol. The summed E-state index contributed by atoms with van der Waals surface area (Å²) in [5.74, 6) is -0.0788. The standard InChI is InChI=1S/C20H24FN3O/c1-13(2)18(12-25)22-11-17-15(21)8-9-16(23-17)20-10-14-6-4-5-7-19(14)24(20)3/h4-10,13,18,22,25H,11-12H2,1-3H3/t18-/m0/s1. The number of hydrogen-bond donors (Lipinski definition) is 2. The van der Waals surface area contributed by atoms with Crippen LogP contribution in [0.1, 0.15) is 19.5 Å². The SMILES string of the molecule is CC(C)[C@H](CO)NCc1nc(-c2cc3ccccc3n2C)ccc1F. The molecule has 2 heterocycles. The van der Waals surface area contributed by atoms with Crippen LogP contribution in [0.15, 0.2) is 42.5 Å². The summed E-state index contributed by atoms with van der Waals surface area (Å²) >= 11 is 0. The van der Waals surface area contributed by atoms with Gasteiger partial charge in [-0.25, -0.2) is 9.37 Å². The number of aryl methyl sites for hydroxylation is 1. The first-order chi connectivity index (χ1) is 12.0. The fourth-order valence-corrected chi connectivity index (χ4v) is 3.02. The number of rotatable bonds is 6. The summed E-state index contributed by atoms with van der Waals surface area (Å²) in [6.45, 7) is 4.34. The highest BCUT2D eigenvalue weighted by molar-refractivity contribution is 5.86. The second-order valence-corrected chi connectivity index (χ2v) is 6.69. The van der Waals surface area contributed by atoms with Crippen molar-refractivity contribution in [3.05, 3.63) is 54.0 Å². The Hall–Kier alpha value is -2.24. The monoisotopic (exact) mass is 341 g/mol. The van der Waals surface area contributed by atoms with E-state index in [0.717, 1.165) is 22.3 Å². The lowest BCUT2D eigenvalue weighted by Crippen LogP contribution is -2.37. The molecule has 0 saturated carbocycles. The van der Waals surface area contributed by atoms with Crippen molar-refractivity contribution in [2.75, 3.05) is 6.61 Å². The Morgan fingerprint density at radius 1 is 1.20 bits per heavy atom. The molecule has 0 aliphatic rings. The van der Waals surface area contributed by atoms with E-state index in [9.17, 15) is 9.50 Å². The van der Waals surface area contributed by atoms with E-state index in [2.05, 4.69) is 33.1 Å². The zero-order valence-corrected chi connectivity index (χ0v) is 14.8. The zero-order chi connectivity index (χ0) is 18.0. The first-order valence-electron chi connectivity index (χ1n) is 8.55. The highest BCUT2D eigenvalue weighted by Crippen LogP contribution is 2.26. The van der Waals surface area contributed by atoms with Crippen LogP contribution in [0.5, 0.6) is 0 Å². The Bertz CT molecular complexity index is 873. The second-order valence-electron chi connectivity index (χ2n) is 6.69. The molecule has 0 bridgehead atoms. The van der Waals surface area contributed by atoms with E-state index in [1.807, 2.05) is 33.0 Å². The molecule has 0 amide bonds. The maximum atomic E-state index is 14.2. The Morgan fingerprint density at radius 3 is 2.64 bits per heavy atom. The van der Waals surface area contributed by atoms with Gasteiger partial charge in [-0.05, 0) is 30.2 Å². The third-order valence-electron chi connectivity index (χ3n) is 4.67. The molecule has 0 fully saturated rings. The summed E-state index contributed by atoms with van der Waals surface area (Å²) in [4.78, 5) is 4.52. The van der Waals surface area contributed by atoms with Gasteiger partial charge in [-0.15, -0.1) is 0 Å². The van der Waals surface area contributed by atoms with Gasteiger partial charge in [-0.2, -0.15) is 0 Å². The first-order valence-corrected chi connectivity index (χ1v) is 8.55. The van der Waals surface area contributed by atoms with E-state index in [-0.39, 0.29) is 30.9 Å². The lowest BCUT2D eigenvalue weighted by atomic mass is 10.1. The van der Waals surface area contributed by atoms with Crippen molar-refractivity contribution in [1.29, 1.82) is 0 Å². The molecule has 25 heavy (non-hydrogen) atoms. The molecule has 1 aromatic carbocycles. The van der Waals surface area contributed by atoms with Crippen LogP contribution >= 0.6 is 0 Å². The van der Waals surface area contributed by atoms with Gasteiger partial charge in [-0.3, -0.25) is 0 Å². The van der Waals surface area contributed by atoms with Crippen LogP contribution < -0.4 is 5.32 Å². The summed E-state index contributed by atoms with van der Waals surface area (Å²) in [5.41, 5.74) is 3.16. The molecule has 3 rings (SSSR count). The number of nitrogens with one attached hydrogen (secondary N) is 1. The number of aliphatic hydroxyl groups excluding tert-OH is 1. The lowest BCUT2D eigenvalue weighted by molar-refractivity contribution is 0.209. The van der Waals surface area contributed by atoms with Crippen molar-refractivity contribution in [1.82, 2.24) is 14.9 Å². The van der Waals surface area contributed by atoms with Gasteiger partial charge in [0.15, 0.2) is 0 Å². The molecule has 4 nitrogen and oxygen atoms in total. The Kier molecular flexibility index (Phi) is 5.16. The minimum absolute atomic E-state index is 0.0160. The maximum absolute atomic E-state index is 14.2. The van der Waals surface area contributed by atoms with Crippen LogP contribution in [0.3, 0.4) is 0 Å². The molecular formula is C20H24FN3O. The second kappa shape index (κ2) is 7.33. The van der Waals surface area contributed by atoms with Crippen LogP contribution in [0.2, 0.25) is 0 Å². The van der Waals surface area contributed by atoms with Crippen molar-refractivity contribution < 1.29 is 9.50 Å². The fourth-order valence-electron chi connectivity index (χ4n) is 3.02. The molecule has 0 aliphatic carbocycles. The van der Waals surface area contributed by atoms with Crippen LogP contribution in [-0.4, -0.2) is 27.3 Å². The number of fused-ring (bicyclic) bond motifs is 1. The van der Waals surface area contributed by atoms with Gasteiger partial charge >= 0.3 is 0 Å². The molecule has 2 N–H and O–H groups in total. The largest absolute Gasteiger partial charge is 0.395 e. The highest BCUT2D eigenvalue weighted by Gasteiger charge is 2.15. The number of aliphatic hydroxyl groups is 1. The predicted molar refractivity (Wildman–Crippen MR) is 98.7 cm³/mol. The third kappa shape index (κ3) is 3.57. The number of hydrogen-bond acceptors (Lipinski definition) is 3. The van der Waals surface area contributed by atoms with Gasteiger partial charge in [0.1, 0.15) is 5.82 Å². The molecule has 1 atom stereocenters. The van der Waals surface area contributed by atoms with Gasteiger partial charge in [0.05, 0.1) is 23.7 Å². The minimum atomic E-state index is -0.338. The van der Waals surface area contributed by atoms with Crippen molar-refractivity contribution in [2.24, 2.45) is 13.0 Å². The van der Waals surface area contributed by atoms with E-state index in [1.54, 1.807) is 6.07 Å². The number of nitrogens with zero attached hydrogens (tertiary/aromatic N) is 2. The molecule has 2 aromatic heterocycles. The van der Waals surface area contributed by atoms with E-state index >= 15 is 0 Å². The zero-order valence-electron chi connectivity index (χ0n) is 14.8. The molecule has 0 aliphatic heterocycles. The predicted octanol–water partition coefficient (Wildman–Crippen LogP) is 3.49. The van der Waals surface area contributed by atoms with Crippen LogP contribution in [-0.2, 0) is 13.6 Å². The van der Waals surface area contributed by atoms with Crippen LogP contribution in [0.25, 0.3) is 22.3 Å². The average molecular weight is 341 g/mol. The Morgan fingerprint density at radius 2 is 1.96 bits per heavy atom. The Balaban J connectivity index is 1.91. The lowest BCUT2D eigenvalue weighted by Gasteiger charge is -2.20. The molecule has 0 radical (unpaired) electrons. The molecule has 3 aromatic rings. The van der Waals surface area contributed by atoms with Crippen molar-refractivity contribution in [3.63, 3.8) is 0 Å². The molecule has 0 spiro atoms. The van der Waals surface area contributed by atoms with Crippen molar-refractivity contribution >= 4 is 10.9 Å². The van der Waals surface area contributed by atoms with Gasteiger partial charge in [0.25, 0.3) is 0 Å². The number of pyridine rings is 1. The first kappa shape index (κ1) is 17.6.